The van der Waals surface area contributed by atoms with Gasteiger partial charge in [0.25, 0.3) is 5.91 Å². The number of hydrogen-bond acceptors (Lipinski definition) is 6. The van der Waals surface area contributed by atoms with Crippen LogP contribution in [0.5, 0.6) is 0 Å². The third-order valence-corrected chi connectivity index (χ3v) is 6.91. The van der Waals surface area contributed by atoms with Gasteiger partial charge in [-0.05, 0) is 60.1 Å². The monoisotopic (exact) mass is 535 g/mol. The fourth-order valence-electron chi connectivity index (χ4n) is 4.19. The summed E-state index contributed by atoms with van der Waals surface area (Å²) in [6, 6.07) is 7.95. The van der Waals surface area contributed by atoms with Crippen molar-refractivity contribution in [2.24, 2.45) is 0 Å². The van der Waals surface area contributed by atoms with Crippen molar-refractivity contribution in [2.45, 2.75) is 51.2 Å². The maximum atomic E-state index is 12.5. The number of amides is 2. The third-order valence-electron chi connectivity index (χ3n) is 5.75. The summed E-state index contributed by atoms with van der Waals surface area (Å²) >= 11 is 2.25. The number of methoxy groups -OCH3 is 1. The number of aromatic nitrogens is 1. The molecule has 0 saturated heterocycles. The van der Waals surface area contributed by atoms with Gasteiger partial charge in [-0.2, -0.15) is 0 Å². The molecule has 9 heteroatoms. The smallest absolute Gasteiger partial charge is 0.407 e. The van der Waals surface area contributed by atoms with Crippen LogP contribution in [0.3, 0.4) is 0 Å². The number of ether oxygens (including phenoxy) is 1. The van der Waals surface area contributed by atoms with E-state index in [1.807, 2.05) is 31.2 Å². The minimum Gasteiger partial charge on any atom is -0.453 e. The van der Waals surface area contributed by atoms with Crippen molar-refractivity contribution in [1.82, 2.24) is 15.6 Å². The molecule has 31 heavy (non-hydrogen) atoms. The lowest BCUT2D eigenvalue weighted by Crippen LogP contribution is -2.48. The van der Waals surface area contributed by atoms with E-state index in [4.69, 9.17) is 9.72 Å². The van der Waals surface area contributed by atoms with Crippen molar-refractivity contribution >= 4 is 51.9 Å². The van der Waals surface area contributed by atoms with Crippen molar-refractivity contribution < 1.29 is 14.3 Å². The highest BCUT2D eigenvalue weighted by Crippen LogP contribution is 2.34. The Bertz CT molecular complexity index is 1010. The number of benzene rings is 1. The van der Waals surface area contributed by atoms with Crippen LogP contribution in [-0.4, -0.2) is 36.2 Å². The zero-order chi connectivity index (χ0) is 22.0. The van der Waals surface area contributed by atoms with Crippen LogP contribution < -0.4 is 21.3 Å². The van der Waals surface area contributed by atoms with Gasteiger partial charge < -0.3 is 26.0 Å². The van der Waals surface area contributed by atoms with Crippen LogP contribution in [0.1, 0.15) is 47.2 Å². The highest BCUT2D eigenvalue weighted by Gasteiger charge is 2.32. The summed E-state index contributed by atoms with van der Waals surface area (Å²) in [7, 11) is 1.37. The van der Waals surface area contributed by atoms with Crippen LogP contribution in [0, 0.1) is 10.5 Å². The second kappa shape index (κ2) is 9.29. The first-order valence-corrected chi connectivity index (χ1v) is 11.5. The Labute approximate surface area is 195 Å². The summed E-state index contributed by atoms with van der Waals surface area (Å²) in [4.78, 5) is 29.1. The summed E-state index contributed by atoms with van der Waals surface area (Å²) < 4.78 is 5.71. The molecule has 1 saturated carbocycles. The van der Waals surface area contributed by atoms with E-state index in [1.54, 1.807) is 0 Å². The van der Waals surface area contributed by atoms with E-state index in [1.165, 1.54) is 7.11 Å². The lowest BCUT2D eigenvalue weighted by atomic mass is 9.90. The number of hydrogen-bond donors (Lipinski definition) is 4. The fraction of sp³-hybridized carbons (Fsp3) is 0.409. The Morgan fingerprint density at radius 1 is 1.23 bits per heavy atom. The second-order valence-corrected chi connectivity index (χ2v) is 9.01. The Balaban J connectivity index is 1.66. The van der Waals surface area contributed by atoms with Crippen molar-refractivity contribution in [1.29, 1.82) is 0 Å². The number of halogens is 1. The highest BCUT2D eigenvalue weighted by molar-refractivity contribution is 14.1. The molecule has 1 aromatic carbocycles. The Hall–Kier alpha value is -2.56. The van der Waals surface area contributed by atoms with Gasteiger partial charge in [0.1, 0.15) is 11.6 Å². The van der Waals surface area contributed by atoms with Gasteiger partial charge in [0.15, 0.2) is 0 Å². The number of fused-ring (bicyclic) bond motifs is 1. The molecule has 2 amide bonds. The summed E-state index contributed by atoms with van der Waals surface area (Å²) in [6.45, 7) is 2.49. The highest BCUT2D eigenvalue weighted by atomic mass is 127. The Morgan fingerprint density at radius 2 is 2.00 bits per heavy atom. The molecule has 164 valence electrons. The van der Waals surface area contributed by atoms with Gasteiger partial charge in [-0.15, -0.1) is 0 Å². The van der Waals surface area contributed by atoms with Crippen LogP contribution in [0.25, 0.3) is 0 Å². The number of aryl methyl sites for hydroxylation is 1. The van der Waals surface area contributed by atoms with Crippen molar-refractivity contribution in [3.63, 3.8) is 0 Å². The van der Waals surface area contributed by atoms with Gasteiger partial charge in [0, 0.05) is 23.8 Å². The van der Waals surface area contributed by atoms with Crippen LogP contribution >= 0.6 is 22.6 Å². The van der Waals surface area contributed by atoms with Gasteiger partial charge in [-0.1, -0.05) is 25.0 Å². The maximum Gasteiger partial charge on any atom is 0.407 e. The normalized spacial score (nSPS) is 19.9. The predicted molar refractivity (Wildman–Crippen MR) is 128 cm³/mol. The van der Waals surface area contributed by atoms with E-state index in [0.29, 0.717) is 17.9 Å². The van der Waals surface area contributed by atoms with Gasteiger partial charge in [0.05, 0.1) is 22.3 Å². The number of nitrogens with zero attached hydrogens (tertiary/aromatic N) is 1. The molecule has 2 aliphatic rings. The zero-order valence-electron chi connectivity index (χ0n) is 17.5. The van der Waals surface area contributed by atoms with Crippen LogP contribution in [0.2, 0.25) is 0 Å². The molecule has 0 bridgehead atoms. The van der Waals surface area contributed by atoms with Gasteiger partial charge in [-0.3, -0.25) is 4.79 Å². The lowest BCUT2D eigenvalue weighted by molar-refractivity contribution is 0.0966. The van der Waals surface area contributed by atoms with Gasteiger partial charge >= 0.3 is 6.09 Å². The summed E-state index contributed by atoms with van der Waals surface area (Å²) in [5.41, 5.74) is 3.52. The summed E-state index contributed by atoms with van der Waals surface area (Å²) in [5, 5.41) is 12.7. The number of alkyl carbamates (subject to hydrolysis) is 1. The second-order valence-electron chi connectivity index (χ2n) is 7.93. The fourth-order valence-corrected chi connectivity index (χ4v) is 4.92. The molecule has 2 aromatic rings. The minimum absolute atomic E-state index is 0.0313. The number of rotatable bonds is 5. The standard InChI is InChI=1S/C22H26IN5O3/c1-12-6-5-7-13(10-12)25-19-17-14(11-24-21(17)29)18(23)20(28-19)26-15-8-3-4-9-16(15)27-22(30)31-2/h5-7,10,15-16H,3-4,8-9,11H2,1-2H3,(H,24,29)(H,27,30)(H2,25,26,28)/t15-,16+/m1/s1. The molecular weight excluding hydrogens is 509 g/mol. The first-order chi connectivity index (χ1) is 15.0. The van der Waals surface area contributed by atoms with Gasteiger partial charge in [0.2, 0.25) is 0 Å². The average molecular weight is 535 g/mol. The number of carbonyl (C=O) groups is 2. The van der Waals surface area contributed by atoms with Crippen LogP contribution in [0.15, 0.2) is 24.3 Å². The SMILES string of the molecule is COC(=O)N[C@H]1CCCC[C@H]1Nc1nc(Nc2cccc(C)c2)c2c(c1I)CNC2=O. The molecule has 0 unspecified atom stereocenters. The average Bonchev–Trinajstić information content (AvgIpc) is 3.15. The van der Waals surface area contributed by atoms with E-state index < -0.39 is 6.09 Å². The first kappa shape index (κ1) is 21.7. The molecule has 2 atom stereocenters. The van der Waals surface area contributed by atoms with E-state index in [0.717, 1.165) is 51.9 Å². The minimum atomic E-state index is -0.424. The molecule has 1 fully saturated rings. The largest absolute Gasteiger partial charge is 0.453 e. The molecule has 0 radical (unpaired) electrons. The molecule has 8 nitrogen and oxygen atoms in total. The van der Waals surface area contributed by atoms with Crippen molar-refractivity contribution in [2.75, 3.05) is 17.7 Å². The lowest BCUT2D eigenvalue weighted by Gasteiger charge is -2.33. The predicted octanol–water partition coefficient (Wildman–Crippen LogP) is 4.06. The van der Waals surface area contributed by atoms with E-state index in [2.05, 4.69) is 43.9 Å². The Kier molecular flexibility index (Phi) is 6.49. The quantitative estimate of drug-likeness (QED) is 0.431. The van der Waals surface area contributed by atoms with Crippen LogP contribution in [0.4, 0.5) is 22.1 Å². The van der Waals surface area contributed by atoms with Crippen LogP contribution in [-0.2, 0) is 11.3 Å². The molecule has 1 aliphatic carbocycles. The van der Waals surface area contributed by atoms with Crippen molar-refractivity contribution in [3.8, 4) is 0 Å². The van der Waals surface area contributed by atoms with E-state index in [9.17, 15) is 9.59 Å². The number of carbonyl (C=O) groups excluding carboxylic acids is 2. The molecule has 4 rings (SSSR count). The Morgan fingerprint density at radius 3 is 2.74 bits per heavy atom. The number of nitrogens with one attached hydrogen (secondary N) is 4. The van der Waals surface area contributed by atoms with E-state index in [-0.39, 0.29) is 18.0 Å². The van der Waals surface area contributed by atoms with Gasteiger partial charge in [-0.25, -0.2) is 9.78 Å². The summed E-state index contributed by atoms with van der Waals surface area (Å²) in [5.74, 6) is 1.13. The summed E-state index contributed by atoms with van der Waals surface area (Å²) in [6.07, 6.45) is 3.50. The topological polar surface area (TPSA) is 104 Å². The van der Waals surface area contributed by atoms with Crippen molar-refractivity contribution in [3.05, 3.63) is 44.5 Å². The number of pyridine rings is 1. The third kappa shape index (κ3) is 4.70. The maximum absolute atomic E-state index is 12.5. The first-order valence-electron chi connectivity index (χ1n) is 10.4. The molecule has 0 spiro atoms. The number of anilines is 3. The molecular formula is C22H26IN5O3. The zero-order valence-corrected chi connectivity index (χ0v) is 19.7. The molecule has 1 aromatic heterocycles. The molecule has 1 aliphatic heterocycles. The van der Waals surface area contributed by atoms with E-state index >= 15 is 0 Å². The molecule has 2 heterocycles. The molecule has 4 N–H and O–H groups in total.